The fraction of sp³-hybridized carbons (Fsp3) is 0. The van der Waals surface area contributed by atoms with Crippen molar-refractivity contribution in [3.05, 3.63) is 59.3 Å². The lowest BCUT2D eigenvalue weighted by atomic mass is 10.1. The van der Waals surface area contributed by atoms with Gasteiger partial charge in [-0.25, -0.2) is 4.98 Å². The van der Waals surface area contributed by atoms with Gasteiger partial charge in [0, 0.05) is 46.8 Å². The number of ketones is 1. The van der Waals surface area contributed by atoms with Crippen LogP contribution in [0.2, 0.25) is 5.15 Å². The van der Waals surface area contributed by atoms with Gasteiger partial charge in [-0.1, -0.05) is 11.6 Å². The van der Waals surface area contributed by atoms with E-state index in [4.69, 9.17) is 11.6 Å². The molecule has 3 heterocycles. The number of carbonyl (C=O) groups is 1. The maximum absolute atomic E-state index is 12.3. The lowest BCUT2D eigenvalue weighted by Gasteiger charge is -1.99. The number of aromatic nitrogens is 3. The summed E-state index contributed by atoms with van der Waals surface area (Å²) in [6.07, 6.45) is 6.55. The van der Waals surface area contributed by atoms with E-state index in [1.807, 2.05) is 6.07 Å². The van der Waals surface area contributed by atoms with Crippen LogP contribution in [0.15, 0.2) is 43.0 Å². The van der Waals surface area contributed by atoms with Crippen LogP contribution in [-0.4, -0.2) is 20.7 Å². The normalized spacial score (nSPS) is 10.7. The Kier molecular flexibility index (Phi) is 2.57. The third-order valence-corrected chi connectivity index (χ3v) is 2.92. The molecule has 0 radical (unpaired) electrons. The first-order valence-corrected chi connectivity index (χ1v) is 5.71. The van der Waals surface area contributed by atoms with Crippen LogP contribution in [0, 0.1) is 0 Å². The highest BCUT2D eigenvalue weighted by Crippen LogP contribution is 2.20. The molecule has 5 heteroatoms. The lowest BCUT2D eigenvalue weighted by molar-refractivity contribution is 0.104. The molecule has 4 nitrogen and oxygen atoms in total. The monoisotopic (exact) mass is 257 g/mol. The molecule has 0 aliphatic carbocycles. The maximum Gasteiger partial charge on any atom is 0.195 e. The Balaban J connectivity index is 2.12. The van der Waals surface area contributed by atoms with Gasteiger partial charge in [0.05, 0.1) is 0 Å². The molecule has 3 rings (SSSR count). The van der Waals surface area contributed by atoms with E-state index in [9.17, 15) is 4.79 Å². The molecule has 0 aliphatic rings. The van der Waals surface area contributed by atoms with E-state index in [1.54, 1.807) is 30.7 Å². The summed E-state index contributed by atoms with van der Waals surface area (Å²) in [6, 6.07) is 5.02. The maximum atomic E-state index is 12.3. The van der Waals surface area contributed by atoms with Crippen LogP contribution in [0.1, 0.15) is 15.9 Å². The number of aromatic amines is 1. The van der Waals surface area contributed by atoms with Crippen LogP contribution >= 0.6 is 11.6 Å². The zero-order valence-corrected chi connectivity index (χ0v) is 9.98. The summed E-state index contributed by atoms with van der Waals surface area (Å²) in [6.45, 7) is 0. The van der Waals surface area contributed by atoms with E-state index in [2.05, 4.69) is 15.0 Å². The van der Waals surface area contributed by atoms with E-state index >= 15 is 0 Å². The standard InChI is InChI=1S/C13H8ClN3O/c14-12-5-8(1-4-16-12)13(18)10-7-17-11-2-3-15-6-9(10)11/h1-7,17H. The Morgan fingerprint density at radius 2 is 2.17 bits per heavy atom. The lowest BCUT2D eigenvalue weighted by Crippen LogP contribution is -2.00. The molecule has 0 bridgehead atoms. The molecule has 3 aromatic heterocycles. The second-order valence-corrected chi connectivity index (χ2v) is 4.21. The highest BCUT2D eigenvalue weighted by molar-refractivity contribution is 6.30. The molecule has 0 aliphatic heterocycles. The minimum atomic E-state index is -0.0986. The number of H-pyrrole nitrogens is 1. The summed E-state index contributed by atoms with van der Waals surface area (Å²) in [5.41, 5.74) is 1.98. The van der Waals surface area contributed by atoms with Crippen molar-refractivity contribution in [2.45, 2.75) is 0 Å². The Morgan fingerprint density at radius 3 is 3.00 bits per heavy atom. The van der Waals surface area contributed by atoms with Crippen molar-refractivity contribution in [3.63, 3.8) is 0 Å². The van der Waals surface area contributed by atoms with Gasteiger partial charge in [0.25, 0.3) is 0 Å². The van der Waals surface area contributed by atoms with Crippen LogP contribution in [-0.2, 0) is 0 Å². The molecule has 88 valence electrons. The quantitative estimate of drug-likeness (QED) is 0.567. The number of halogens is 1. The predicted molar refractivity (Wildman–Crippen MR) is 68.8 cm³/mol. The molecule has 1 N–H and O–H groups in total. The topological polar surface area (TPSA) is 58.6 Å². The minimum Gasteiger partial charge on any atom is -0.360 e. The number of nitrogens with zero attached hydrogens (tertiary/aromatic N) is 2. The molecule has 0 atom stereocenters. The van der Waals surface area contributed by atoms with Gasteiger partial charge >= 0.3 is 0 Å². The number of carbonyl (C=O) groups excluding carboxylic acids is 1. The summed E-state index contributed by atoms with van der Waals surface area (Å²) in [7, 11) is 0. The number of rotatable bonds is 2. The summed E-state index contributed by atoms with van der Waals surface area (Å²) < 4.78 is 0. The van der Waals surface area contributed by atoms with Crippen LogP contribution < -0.4 is 0 Å². The molecule has 0 spiro atoms. The number of fused-ring (bicyclic) bond motifs is 1. The Bertz CT molecular complexity index is 736. The molecule has 0 saturated heterocycles. The van der Waals surface area contributed by atoms with Gasteiger partial charge in [-0.15, -0.1) is 0 Å². The van der Waals surface area contributed by atoms with Crippen molar-refractivity contribution >= 4 is 28.3 Å². The average Bonchev–Trinajstić information content (AvgIpc) is 2.82. The molecule has 0 saturated carbocycles. The molecule has 3 aromatic rings. The molecule has 18 heavy (non-hydrogen) atoms. The molecule has 0 unspecified atom stereocenters. The van der Waals surface area contributed by atoms with Crippen molar-refractivity contribution < 1.29 is 4.79 Å². The van der Waals surface area contributed by atoms with Gasteiger partial charge in [0.1, 0.15) is 5.15 Å². The van der Waals surface area contributed by atoms with Gasteiger partial charge in [-0.2, -0.15) is 0 Å². The number of hydrogen-bond donors (Lipinski definition) is 1. The first-order chi connectivity index (χ1) is 8.75. The first kappa shape index (κ1) is 10.9. The third kappa shape index (κ3) is 1.76. The third-order valence-electron chi connectivity index (χ3n) is 2.72. The first-order valence-electron chi connectivity index (χ1n) is 5.33. The molecule has 0 amide bonds. The number of nitrogens with one attached hydrogen (secondary N) is 1. The summed E-state index contributed by atoms with van der Waals surface area (Å²) >= 11 is 5.79. The van der Waals surface area contributed by atoms with Crippen molar-refractivity contribution in [3.8, 4) is 0 Å². The van der Waals surface area contributed by atoms with Crippen molar-refractivity contribution in [2.75, 3.05) is 0 Å². The number of hydrogen-bond acceptors (Lipinski definition) is 3. The molecule has 0 fully saturated rings. The van der Waals surface area contributed by atoms with Gasteiger partial charge in [0.2, 0.25) is 0 Å². The second kappa shape index (κ2) is 4.23. The van der Waals surface area contributed by atoms with Crippen LogP contribution in [0.3, 0.4) is 0 Å². The van der Waals surface area contributed by atoms with Crippen molar-refractivity contribution in [1.29, 1.82) is 0 Å². The SMILES string of the molecule is O=C(c1ccnc(Cl)c1)c1c[nH]c2ccncc12. The van der Waals surface area contributed by atoms with E-state index in [0.717, 1.165) is 10.9 Å². The number of pyridine rings is 2. The highest BCUT2D eigenvalue weighted by Gasteiger charge is 2.14. The summed E-state index contributed by atoms with van der Waals surface area (Å²) in [5.74, 6) is -0.0986. The van der Waals surface area contributed by atoms with Gasteiger partial charge in [-0.3, -0.25) is 9.78 Å². The highest BCUT2D eigenvalue weighted by atomic mass is 35.5. The molecular formula is C13H8ClN3O. The second-order valence-electron chi connectivity index (χ2n) is 3.82. The Hall–Kier alpha value is -2.20. The van der Waals surface area contributed by atoms with Crippen LogP contribution in [0.5, 0.6) is 0 Å². The van der Waals surface area contributed by atoms with Crippen molar-refractivity contribution in [1.82, 2.24) is 15.0 Å². The van der Waals surface area contributed by atoms with E-state index in [0.29, 0.717) is 16.3 Å². The summed E-state index contributed by atoms with van der Waals surface area (Å²) in [5, 5.41) is 1.11. The van der Waals surface area contributed by atoms with Crippen molar-refractivity contribution in [2.24, 2.45) is 0 Å². The fourth-order valence-electron chi connectivity index (χ4n) is 1.85. The molecule has 0 aromatic carbocycles. The fourth-order valence-corrected chi connectivity index (χ4v) is 2.02. The minimum absolute atomic E-state index is 0.0986. The van der Waals surface area contributed by atoms with E-state index in [-0.39, 0.29) is 5.78 Å². The summed E-state index contributed by atoms with van der Waals surface area (Å²) in [4.78, 5) is 23.3. The van der Waals surface area contributed by atoms with Crippen LogP contribution in [0.4, 0.5) is 0 Å². The zero-order chi connectivity index (χ0) is 12.5. The van der Waals surface area contributed by atoms with Gasteiger partial charge < -0.3 is 4.98 Å². The van der Waals surface area contributed by atoms with E-state index in [1.165, 1.54) is 6.20 Å². The zero-order valence-electron chi connectivity index (χ0n) is 9.22. The average molecular weight is 258 g/mol. The predicted octanol–water partition coefficient (Wildman–Crippen LogP) is 2.84. The van der Waals surface area contributed by atoms with Gasteiger partial charge in [0.15, 0.2) is 5.78 Å². The van der Waals surface area contributed by atoms with Crippen LogP contribution in [0.25, 0.3) is 10.9 Å². The smallest absolute Gasteiger partial charge is 0.195 e. The molecular weight excluding hydrogens is 250 g/mol. The van der Waals surface area contributed by atoms with Gasteiger partial charge in [-0.05, 0) is 18.2 Å². The Morgan fingerprint density at radius 1 is 1.28 bits per heavy atom. The van der Waals surface area contributed by atoms with E-state index < -0.39 is 0 Å². The Labute approximate surface area is 108 Å². The largest absolute Gasteiger partial charge is 0.360 e.